The average Bonchev–Trinajstić information content (AvgIpc) is 3.00. The van der Waals surface area contributed by atoms with Gasteiger partial charge in [-0.15, -0.1) is 12.4 Å². The maximum absolute atomic E-state index is 12.2. The fraction of sp³-hybridized carbons (Fsp3) is 0.312. The maximum atomic E-state index is 12.2. The molecule has 2 heterocycles. The molecule has 9 heteroatoms. The lowest BCUT2D eigenvalue weighted by Gasteiger charge is -2.13. The molecule has 25 heavy (non-hydrogen) atoms. The third-order valence-corrected chi connectivity index (χ3v) is 4.76. The van der Waals surface area contributed by atoms with Crippen LogP contribution in [0.1, 0.15) is 27.3 Å². The number of nitrogens with zero attached hydrogens (tertiary/aromatic N) is 1. The quantitative estimate of drug-likeness (QED) is 0.598. The first-order valence-corrected chi connectivity index (χ1v) is 8.45. The molecule has 0 atom stereocenters. The van der Waals surface area contributed by atoms with Crippen LogP contribution in [0.2, 0.25) is 0 Å². The topological polar surface area (TPSA) is 98.9 Å². The molecule has 134 valence electrons. The number of aryl methyl sites for hydroxylation is 1. The summed E-state index contributed by atoms with van der Waals surface area (Å²) in [4.78, 5) is 24.2. The van der Waals surface area contributed by atoms with E-state index < -0.39 is 0 Å². The van der Waals surface area contributed by atoms with E-state index >= 15 is 0 Å². The monoisotopic (exact) mass is 427 g/mol. The number of carbonyl (C=O) groups is 2. The first-order valence-electron chi connectivity index (χ1n) is 7.65. The van der Waals surface area contributed by atoms with Crippen molar-refractivity contribution in [1.29, 1.82) is 0 Å². The Hall–Kier alpha value is -1.90. The minimum absolute atomic E-state index is 0. The molecule has 4 N–H and O–H groups in total. The molecule has 2 aromatic rings. The van der Waals surface area contributed by atoms with Gasteiger partial charge in [0.2, 0.25) is 5.91 Å². The molecule has 0 saturated heterocycles. The zero-order valence-corrected chi connectivity index (χ0v) is 16.0. The van der Waals surface area contributed by atoms with Crippen LogP contribution in [0.3, 0.4) is 0 Å². The Morgan fingerprint density at radius 3 is 2.92 bits per heavy atom. The Morgan fingerprint density at radius 1 is 1.36 bits per heavy atom. The number of H-pyrrole nitrogens is 1. The molecule has 0 saturated carbocycles. The van der Waals surface area contributed by atoms with Gasteiger partial charge in [-0.25, -0.2) is 0 Å². The first kappa shape index (κ1) is 19.4. The lowest BCUT2D eigenvalue weighted by atomic mass is 10.1. The van der Waals surface area contributed by atoms with Crippen LogP contribution < -0.4 is 16.0 Å². The third-order valence-electron chi connectivity index (χ3n) is 3.87. The lowest BCUT2D eigenvalue weighted by molar-refractivity contribution is -0.115. The van der Waals surface area contributed by atoms with E-state index in [0.717, 1.165) is 34.3 Å². The normalized spacial score (nSPS) is 12.7. The van der Waals surface area contributed by atoms with E-state index in [1.807, 2.05) is 19.1 Å². The number of aromatic amines is 1. The van der Waals surface area contributed by atoms with Crippen LogP contribution in [-0.2, 0) is 17.8 Å². The van der Waals surface area contributed by atoms with Crippen LogP contribution in [0.25, 0.3) is 0 Å². The number of fused-ring (bicyclic) bond motifs is 1. The zero-order chi connectivity index (χ0) is 17.1. The number of anilines is 1. The third kappa shape index (κ3) is 4.59. The van der Waals surface area contributed by atoms with E-state index in [2.05, 4.69) is 42.1 Å². The highest BCUT2D eigenvalue weighted by Crippen LogP contribution is 2.20. The molecule has 0 radical (unpaired) electrons. The van der Waals surface area contributed by atoms with Crippen LogP contribution in [0.15, 0.2) is 22.7 Å². The number of amides is 2. The van der Waals surface area contributed by atoms with Gasteiger partial charge in [-0.05, 0) is 30.7 Å². The van der Waals surface area contributed by atoms with Crippen molar-refractivity contribution in [2.24, 2.45) is 0 Å². The predicted octanol–water partition coefficient (Wildman–Crippen LogP) is 1.92. The van der Waals surface area contributed by atoms with Crippen molar-refractivity contribution in [3.8, 4) is 0 Å². The fourth-order valence-electron chi connectivity index (χ4n) is 2.58. The van der Waals surface area contributed by atoms with E-state index in [0.29, 0.717) is 17.9 Å². The van der Waals surface area contributed by atoms with Crippen molar-refractivity contribution in [2.45, 2.75) is 19.9 Å². The van der Waals surface area contributed by atoms with Gasteiger partial charge in [0.1, 0.15) is 0 Å². The standard InChI is InChI=1S/C16H18BrN5O2.ClH/c1-9-6-10(2-3-12(9)17)20-14(23)8-19-16(24)15-11-7-18-5-4-13(11)21-22-15;/h2-3,6,18H,4-5,7-8H2,1H3,(H,19,24)(H,20,23)(H,21,22);1H. The molecule has 0 aliphatic carbocycles. The van der Waals surface area contributed by atoms with Crippen molar-refractivity contribution in [3.63, 3.8) is 0 Å². The average molecular weight is 429 g/mol. The summed E-state index contributed by atoms with van der Waals surface area (Å²) in [5, 5.41) is 15.5. The summed E-state index contributed by atoms with van der Waals surface area (Å²) in [7, 11) is 0. The number of rotatable bonds is 4. The van der Waals surface area contributed by atoms with Crippen molar-refractivity contribution in [1.82, 2.24) is 20.8 Å². The molecule has 1 aliphatic heterocycles. The number of hydrogen-bond acceptors (Lipinski definition) is 4. The highest BCUT2D eigenvalue weighted by molar-refractivity contribution is 9.10. The van der Waals surface area contributed by atoms with Crippen LogP contribution in [-0.4, -0.2) is 35.1 Å². The van der Waals surface area contributed by atoms with Crippen LogP contribution in [0.4, 0.5) is 5.69 Å². The molecular weight excluding hydrogens is 410 g/mol. The largest absolute Gasteiger partial charge is 0.342 e. The highest BCUT2D eigenvalue weighted by atomic mass is 79.9. The van der Waals surface area contributed by atoms with Gasteiger partial charge in [-0.2, -0.15) is 5.10 Å². The molecule has 1 aromatic heterocycles. The van der Waals surface area contributed by atoms with Crippen LogP contribution >= 0.6 is 28.3 Å². The molecule has 1 aliphatic rings. The Kier molecular flexibility index (Phi) is 6.57. The van der Waals surface area contributed by atoms with Crippen LogP contribution in [0.5, 0.6) is 0 Å². The van der Waals surface area contributed by atoms with Crippen molar-refractivity contribution >= 4 is 45.8 Å². The lowest BCUT2D eigenvalue weighted by Crippen LogP contribution is -2.34. The van der Waals surface area contributed by atoms with Crippen molar-refractivity contribution in [2.75, 3.05) is 18.4 Å². The maximum Gasteiger partial charge on any atom is 0.272 e. The van der Waals surface area contributed by atoms with E-state index in [9.17, 15) is 9.59 Å². The molecule has 0 spiro atoms. The Balaban J connectivity index is 0.00000225. The second-order valence-electron chi connectivity index (χ2n) is 5.65. The van der Waals surface area contributed by atoms with Gasteiger partial charge in [0.05, 0.1) is 6.54 Å². The van der Waals surface area contributed by atoms with Gasteiger partial charge < -0.3 is 16.0 Å². The first-order chi connectivity index (χ1) is 11.5. The zero-order valence-electron chi connectivity index (χ0n) is 13.6. The number of halogens is 2. The van der Waals surface area contributed by atoms with Gasteiger partial charge in [0, 0.05) is 40.9 Å². The van der Waals surface area contributed by atoms with Crippen molar-refractivity contribution in [3.05, 3.63) is 45.2 Å². The fourth-order valence-corrected chi connectivity index (χ4v) is 2.83. The smallest absolute Gasteiger partial charge is 0.272 e. The SMILES string of the molecule is Cc1cc(NC(=O)CNC(=O)c2n[nH]c3c2CNCC3)ccc1Br.Cl. The van der Waals surface area contributed by atoms with Gasteiger partial charge in [0.25, 0.3) is 5.91 Å². The summed E-state index contributed by atoms with van der Waals surface area (Å²) in [6.45, 7) is 3.31. The van der Waals surface area contributed by atoms with Gasteiger partial charge in [-0.1, -0.05) is 15.9 Å². The Labute approximate surface area is 159 Å². The van der Waals surface area contributed by atoms with Crippen LogP contribution in [0, 0.1) is 6.92 Å². The van der Waals surface area contributed by atoms with Crippen molar-refractivity contribution < 1.29 is 9.59 Å². The van der Waals surface area contributed by atoms with E-state index in [1.165, 1.54) is 0 Å². The second kappa shape index (κ2) is 8.46. The molecule has 7 nitrogen and oxygen atoms in total. The number of hydrogen-bond donors (Lipinski definition) is 4. The number of benzene rings is 1. The highest BCUT2D eigenvalue weighted by Gasteiger charge is 2.21. The van der Waals surface area contributed by atoms with Gasteiger partial charge >= 0.3 is 0 Å². The van der Waals surface area contributed by atoms with Gasteiger partial charge in [0.15, 0.2) is 5.69 Å². The molecule has 0 bridgehead atoms. The summed E-state index contributed by atoms with van der Waals surface area (Å²) in [6.07, 6.45) is 0.818. The summed E-state index contributed by atoms with van der Waals surface area (Å²) in [6, 6.07) is 5.53. The number of nitrogens with one attached hydrogen (secondary N) is 4. The van der Waals surface area contributed by atoms with Gasteiger partial charge in [-0.3, -0.25) is 14.7 Å². The summed E-state index contributed by atoms with van der Waals surface area (Å²) >= 11 is 3.41. The summed E-state index contributed by atoms with van der Waals surface area (Å²) < 4.78 is 0.978. The molecule has 1 aromatic carbocycles. The Bertz CT molecular complexity index is 793. The summed E-state index contributed by atoms with van der Waals surface area (Å²) in [5.41, 5.74) is 3.92. The summed E-state index contributed by atoms with van der Waals surface area (Å²) in [5.74, 6) is -0.633. The predicted molar refractivity (Wildman–Crippen MR) is 101 cm³/mol. The number of carbonyl (C=O) groups excluding carboxylic acids is 2. The van der Waals surface area contributed by atoms with E-state index in [-0.39, 0.29) is 30.8 Å². The minimum atomic E-state index is -0.349. The number of aromatic nitrogens is 2. The molecule has 3 rings (SSSR count). The molecule has 2 amide bonds. The molecular formula is C16H19BrClN5O2. The van der Waals surface area contributed by atoms with E-state index in [1.54, 1.807) is 6.07 Å². The van der Waals surface area contributed by atoms with E-state index in [4.69, 9.17) is 0 Å². The minimum Gasteiger partial charge on any atom is -0.342 e. The molecule has 0 unspecified atom stereocenters. The second-order valence-corrected chi connectivity index (χ2v) is 6.51. The molecule has 0 fully saturated rings. The Morgan fingerprint density at radius 2 is 2.16 bits per heavy atom.